The van der Waals surface area contributed by atoms with Crippen LogP contribution in [0.2, 0.25) is 0 Å². The highest BCUT2D eigenvalue weighted by molar-refractivity contribution is 5.40. The molecule has 168 valence electrons. The van der Waals surface area contributed by atoms with Gasteiger partial charge in [0.2, 0.25) is 0 Å². The fourth-order valence-corrected chi connectivity index (χ4v) is 7.60. The van der Waals surface area contributed by atoms with Crippen LogP contribution in [0.5, 0.6) is 0 Å². The Balaban J connectivity index is 1.59. The molecule has 3 fully saturated rings. The van der Waals surface area contributed by atoms with Crippen molar-refractivity contribution in [2.75, 3.05) is 0 Å². The third kappa shape index (κ3) is 3.36. The first-order valence-electron chi connectivity index (χ1n) is 12.2. The van der Waals surface area contributed by atoms with Crippen molar-refractivity contribution in [3.05, 3.63) is 35.5 Å². The molecule has 0 aromatic heterocycles. The molecule has 0 amide bonds. The summed E-state index contributed by atoms with van der Waals surface area (Å²) in [6.45, 7) is 11.2. The molecule has 30 heavy (non-hydrogen) atoms. The van der Waals surface area contributed by atoms with Gasteiger partial charge in [-0.15, -0.1) is 0 Å². The summed E-state index contributed by atoms with van der Waals surface area (Å²) in [6, 6.07) is 0. The van der Waals surface area contributed by atoms with Crippen molar-refractivity contribution in [3.8, 4) is 0 Å². The van der Waals surface area contributed by atoms with Gasteiger partial charge in [-0.05, 0) is 67.1 Å². The first kappa shape index (κ1) is 22.3. The Kier molecular flexibility index (Phi) is 5.87. The van der Waals surface area contributed by atoms with Crippen LogP contribution >= 0.6 is 0 Å². The Morgan fingerprint density at radius 1 is 1.00 bits per heavy atom. The van der Waals surface area contributed by atoms with Crippen molar-refractivity contribution < 1.29 is 15.3 Å². The number of hydrogen-bond donors (Lipinski definition) is 3. The molecular formula is C27H42O3. The quantitative estimate of drug-likeness (QED) is 0.566. The van der Waals surface area contributed by atoms with Crippen LogP contribution in [0.3, 0.4) is 0 Å². The third-order valence-corrected chi connectivity index (χ3v) is 9.65. The van der Waals surface area contributed by atoms with Crippen molar-refractivity contribution >= 4 is 0 Å². The number of rotatable bonds is 4. The topological polar surface area (TPSA) is 60.7 Å². The van der Waals surface area contributed by atoms with Crippen LogP contribution in [0.25, 0.3) is 0 Å². The fourth-order valence-electron chi connectivity index (χ4n) is 7.60. The van der Waals surface area contributed by atoms with Crippen LogP contribution in [0.4, 0.5) is 0 Å². The van der Waals surface area contributed by atoms with Crippen molar-refractivity contribution in [3.63, 3.8) is 0 Å². The molecule has 3 heteroatoms. The second-order valence-corrected chi connectivity index (χ2v) is 11.6. The number of fused-ring (bicyclic) bond motifs is 5. The van der Waals surface area contributed by atoms with E-state index in [1.54, 1.807) is 5.57 Å². The van der Waals surface area contributed by atoms with Gasteiger partial charge in [0.25, 0.3) is 0 Å². The van der Waals surface area contributed by atoms with Crippen LogP contribution in [0.15, 0.2) is 35.5 Å². The lowest BCUT2D eigenvalue weighted by molar-refractivity contribution is -0.0537. The first-order chi connectivity index (χ1) is 14.1. The van der Waals surface area contributed by atoms with E-state index < -0.39 is 12.2 Å². The van der Waals surface area contributed by atoms with E-state index in [1.807, 2.05) is 6.08 Å². The van der Waals surface area contributed by atoms with Gasteiger partial charge in [0, 0.05) is 11.8 Å². The smallest absolute Gasteiger partial charge is 0.0743 e. The molecule has 0 spiro atoms. The molecule has 3 nitrogen and oxygen atoms in total. The van der Waals surface area contributed by atoms with Gasteiger partial charge in [-0.1, -0.05) is 70.1 Å². The monoisotopic (exact) mass is 414 g/mol. The molecule has 0 bridgehead atoms. The third-order valence-electron chi connectivity index (χ3n) is 9.65. The SMILES string of the molecule is CC(C)[C@H](O)C=C[C@@H](C)[C@H]1CC[C@H]2C3=CC=C4C[C@@H](O)C[C@H](O)[C@]4(C)[C@H]3CC[C@]12C. The van der Waals surface area contributed by atoms with Gasteiger partial charge >= 0.3 is 0 Å². The summed E-state index contributed by atoms with van der Waals surface area (Å²) in [5.41, 5.74) is 2.89. The predicted molar refractivity (Wildman–Crippen MR) is 122 cm³/mol. The highest BCUT2D eigenvalue weighted by Crippen LogP contribution is 2.65. The second kappa shape index (κ2) is 7.90. The van der Waals surface area contributed by atoms with Gasteiger partial charge in [-0.2, -0.15) is 0 Å². The van der Waals surface area contributed by atoms with Gasteiger partial charge in [-0.3, -0.25) is 0 Å². The molecule has 0 heterocycles. The number of hydrogen-bond acceptors (Lipinski definition) is 3. The standard InChI is InChI=1S/C27H42O3/c1-16(2)24(29)11-6-17(3)21-9-10-22-20-8-7-18-14-19(28)15-25(30)27(18,5)23(20)12-13-26(21,22)4/h6-8,11,16-17,19,21-25,28-30H,9-10,12-15H2,1-5H3/t17-,19-,21-,22+,23+,24-,25+,26-,27+/m1/s1. The molecule has 0 aliphatic heterocycles. The molecule has 4 aliphatic carbocycles. The van der Waals surface area contributed by atoms with Crippen LogP contribution < -0.4 is 0 Å². The molecule has 4 aliphatic rings. The summed E-state index contributed by atoms with van der Waals surface area (Å²) in [6.07, 6.45) is 13.6. The molecule has 0 aromatic carbocycles. The minimum atomic E-state index is -0.456. The summed E-state index contributed by atoms with van der Waals surface area (Å²) in [4.78, 5) is 0. The van der Waals surface area contributed by atoms with E-state index in [1.165, 1.54) is 24.8 Å². The summed E-state index contributed by atoms with van der Waals surface area (Å²) in [5, 5.41) is 31.4. The molecule has 9 atom stereocenters. The number of aliphatic hydroxyl groups excluding tert-OH is 3. The van der Waals surface area contributed by atoms with E-state index in [2.05, 4.69) is 52.8 Å². The molecule has 4 rings (SSSR count). The average Bonchev–Trinajstić information content (AvgIpc) is 3.04. The maximum absolute atomic E-state index is 11.0. The highest BCUT2D eigenvalue weighted by Gasteiger charge is 2.58. The lowest BCUT2D eigenvalue weighted by Gasteiger charge is -2.56. The van der Waals surface area contributed by atoms with Crippen LogP contribution in [0.1, 0.15) is 73.1 Å². The maximum atomic E-state index is 11.0. The van der Waals surface area contributed by atoms with Crippen molar-refractivity contribution in [2.24, 2.45) is 40.4 Å². The Labute approximate surface area is 183 Å². The van der Waals surface area contributed by atoms with E-state index in [9.17, 15) is 15.3 Å². The van der Waals surface area contributed by atoms with E-state index in [0.29, 0.717) is 36.5 Å². The Morgan fingerprint density at radius 2 is 1.73 bits per heavy atom. The first-order valence-corrected chi connectivity index (χ1v) is 12.2. The molecule has 0 unspecified atom stereocenters. The van der Waals surface area contributed by atoms with Crippen molar-refractivity contribution in [2.45, 2.75) is 91.5 Å². The zero-order valence-corrected chi connectivity index (χ0v) is 19.5. The largest absolute Gasteiger partial charge is 0.393 e. The summed E-state index contributed by atoms with van der Waals surface area (Å²) >= 11 is 0. The van der Waals surface area contributed by atoms with E-state index in [4.69, 9.17) is 0 Å². The lowest BCUT2D eigenvalue weighted by atomic mass is 9.49. The molecule has 0 aromatic rings. The summed E-state index contributed by atoms with van der Waals surface area (Å²) < 4.78 is 0. The number of allylic oxidation sites excluding steroid dienone is 4. The van der Waals surface area contributed by atoms with E-state index in [0.717, 1.165) is 6.42 Å². The van der Waals surface area contributed by atoms with Gasteiger partial charge in [-0.25, -0.2) is 0 Å². The van der Waals surface area contributed by atoms with Gasteiger partial charge in [0.05, 0.1) is 18.3 Å². The van der Waals surface area contributed by atoms with Crippen LogP contribution in [-0.4, -0.2) is 33.6 Å². The van der Waals surface area contributed by atoms with Gasteiger partial charge < -0.3 is 15.3 Å². The molecule has 3 N–H and O–H groups in total. The Hall–Kier alpha value is -0.900. The van der Waals surface area contributed by atoms with E-state index >= 15 is 0 Å². The fraction of sp³-hybridized carbons (Fsp3) is 0.778. The Bertz CT molecular complexity index is 749. The molecule has 0 saturated heterocycles. The minimum absolute atomic E-state index is 0.213. The lowest BCUT2D eigenvalue weighted by Crippen LogP contribution is -2.52. The molecular weight excluding hydrogens is 372 g/mol. The highest BCUT2D eigenvalue weighted by atomic mass is 16.3. The zero-order chi connectivity index (χ0) is 21.8. The minimum Gasteiger partial charge on any atom is -0.393 e. The zero-order valence-electron chi connectivity index (χ0n) is 19.5. The number of aliphatic hydroxyl groups is 3. The average molecular weight is 415 g/mol. The van der Waals surface area contributed by atoms with Gasteiger partial charge in [0.15, 0.2) is 0 Å². The normalized spacial score (nSPS) is 45.4. The molecule has 0 radical (unpaired) electrons. The second-order valence-electron chi connectivity index (χ2n) is 11.6. The maximum Gasteiger partial charge on any atom is 0.0743 e. The van der Waals surface area contributed by atoms with Crippen LogP contribution in [-0.2, 0) is 0 Å². The Morgan fingerprint density at radius 3 is 2.43 bits per heavy atom. The van der Waals surface area contributed by atoms with Crippen molar-refractivity contribution in [1.29, 1.82) is 0 Å². The van der Waals surface area contributed by atoms with E-state index in [-0.39, 0.29) is 22.9 Å². The van der Waals surface area contributed by atoms with Crippen molar-refractivity contribution in [1.82, 2.24) is 0 Å². The summed E-state index contributed by atoms with van der Waals surface area (Å²) in [7, 11) is 0. The van der Waals surface area contributed by atoms with Gasteiger partial charge in [0.1, 0.15) is 0 Å². The predicted octanol–water partition coefficient (Wildman–Crippen LogP) is 5.03. The molecule has 3 saturated carbocycles. The van der Waals surface area contributed by atoms with Crippen LogP contribution in [0, 0.1) is 40.4 Å². The summed E-state index contributed by atoms with van der Waals surface area (Å²) in [5.74, 6) is 2.35.